The highest BCUT2D eigenvalue weighted by Crippen LogP contribution is 2.23. The van der Waals surface area contributed by atoms with E-state index in [-0.39, 0.29) is 10.5 Å². The number of benzene rings is 2. The van der Waals surface area contributed by atoms with Gasteiger partial charge in [-0.3, -0.25) is 9.35 Å². The molecular formula is C13H9NO4S. The molecule has 0 fully saturated rings. The van der Waals surface area contributed by atoms with Gasteiger partial charge in [-0.05, 0) is 29.7 Å². The van der Waals surface area contributed by atoms with E-state index in [0.29, 0.717) is 21.7 Å². The lowest BCUT2D eigenvalue weighted by Gasteiger charge is -2.05. The molecule has 1 aromatic heterocycles. The van der Waals surface area contributed by atoms with Crippen molar-refractivity contribution in [1.82, 2.24) is 4.98 Å². The Hall–Kier alpha value is -2.18. The molecule has 0 radical (unpaired) electrons. The fourth-order valence-corrected chi connectivity index (χ4v) is 2.63. The van der Waals surface area contributed by atoms with E-state index in [0.717, 1.165) is 0 Å². The monoisotopic (exact) mass is 275 g/mol. The zero-order chi connectivity index (χ0) is 13.6. The second-order valence-corrected chi connectivity index (χ2v) is 5.60. The van der Waals surface area contributed by atoms with E-state index in [2.05, 4.69) is 4.98 Å². The second-order valence-electron chi connectivity index (χ2n) is 4.18. The summed E-state index contributed by atoms with van der Waals surface area (Å²) in [6.45, 7) is 0. The van der Waals surface area contributed by atoms with Gasteiger partial charge in [-0.15, -0.1) is 0 Å². The summed E-state index contributed by atoms with van der Waals surface area (Å²) in [6, 6.07) is 11.0. The fourth-order valence-electron chi connectivity index (χ4n) is 2.12. The highest BCUT2D eigenvalue weighted by atomic mass is 32.2. The number of aromatic amines is 1. The van der Waals surface area contributed by atoms with Crippen LogP contribution in [0.5, 0.6) is 0 Å². The van der Waals surface area contributed by atoms with Crippen LogP contribution in [0.25, 0.3) is 21.7 Å². The molecule has 2 aromatic carbocycles. The molecule has 0 aliphatic rings. The van der Waals surface area contributed by atoms with Crippen molar-refractivity contribution in [3.05, 3.63) is 52.8 Å². The Bertz CT molecular complexity index is 957. The quantitative estimate of drug-likeness (QED) is 0.524. The molecule has 0 spiro atoms. The molecule has 0 saturated carbocycles. The number of H-pyrrole nitrogens is 1. The Labute approximate surface area is 108 Å². The zero-order valence-electron chi connectivity index (χ0n) is 9.62. The van der Waals surface area contributed by atoms with E-state index in [9.17, 15) is 13.2 Å². The first kappa shape index (κ1) is 11.9. The first-order valence-corrected chi connectivity index (χ1v) is 6.93. The van der Waals surface area contributed by atoms with Gasteiger partial charge in [0.25, 0.3) is 15.7 Å². The van der Waals surface area contributed by atoms with E-state index in [1.54, 1.807) is 24.3 Å². The summed E-state index contributed by atoms with van der Waals surface area (Å²) < 4.78 is 31.4. The topological polar surface area (TPSA) is 87.2 Å². The summed E-state index contributed by atoms with van der Waals surface area (Å²) in [6.07, 6.45) is 0. The Morgan fingerprint density at radius 2 is 1.63 bits per heavy atom. The molecule has 0 saturated heterocycles. The first-order valence-electron chi connectivity index (χ1n) is 5.49. The number of rotatable bonds is 1. The van der Waals surface area contributed by atoms with Gasteiger partial charge in [0.1, 0.15) is 0 Å². The van der Waals surface area contributed by atoms with Crippen LogP contribution in [0, 0.1) is 0 Å². The van der Waals surface area contributed by atoms with Gasteiger partial charge in [-0.2, -0.15) is 8.42 Å². The van der Waals surface area contributed by atoms with E-state index in [1.165, 1.54) is 18.2 Å². The minimum atomic E-state index is -4.27. The highest BCUT2D eigenvalue weighted by molar-refractivity contribution is 7.85. The highest BCUT2D eigenvalue weighted by Gasteiger charge is 2.12. The van der Waals surface area contributed by atoms with Crippen LogP contribution in [0.3, 0.4) is 0 Å². The van der Waals surface area contributed by atoms with Gasteiger partial charge in [0, 0.05) is 16.3 Å². The van der Waals surface area contributed by atoms with Crippen molar-refractivity contribution in [2.45, 2.75) is 4.90 Å². The average Bonchev–Trinajstić information content (AvgIpc) is 2.37. The summed E-state index contributed by atoms with van der Waals surface area (Å²) in [4.78, 5) is 14.3. The average molecular weight is 275 g/mol. The van der Waals surface area contributed by atoms with Gasteiger partial charge in [0.05, 0.1) is 4.90 Å². The van der Waals surface area contributed by atoms with Crippen LogP contribution in [-0.2, 0) is 10.1 Å². The molecule has 3 aromatic rings. The van der Waals surface area contributed by atoms with Crippen molar-refractivity contribution in [1.29, 1.82) is 0 Å². The van der Waals surface area contributed by atoms with Crippen LogP contribution in [0.15, 0.2) is 52.2 Å². The number of hydrogen-bond donors (Lipinski definition) is 2. The molecule has 0 aliphatic heterocycles. The Morgan fingerprint density at radius 1 is 0.947 bits per heavy atom. The van der Waals surface area contributed by atoms with Gasteiger partial charge in [-0.25, -0.2) is 0 Å². The van der Waals surface area contributed by atoms with Crippen LogP contribution in [-0.4, -0.2) is 18.0 Å². The zero-order valence-corrected chi connectivity index (χ0v) is 10.4. The Balaban J connectivity index is 2.55. The minimum absolute atomic E-state index is 0.197. The van der Waals surface area contributed by atoms with Crippen LogP contribution < -0.4 is 5.56 Å². The third kappa shape index (κ3) is 1.91. The fraction of sp³-hybridized carbons (Fsp3) is 0. The lowest BCUT2D eigenvalue weighted by molar-refractivity contribution is 0.483. The van der Waals surface area contributed by atoms with Crippen molar-refractivity contribution < 1.29 is 13.0 Å². The number of fused-ring (bicyclic) bond motifs is 3. The number of nitrogens with one attached hydrogen (secondary N) is 1. The van der Waals surface area contributed by atoms with Gasteiger partial charge in [-0.1, -0.05) is 18.2 Å². The van der Waals surface area contributed by atoms with Crippen LogP contribution in [0.2, 0.25) is 0 Å². The van der Waals surface area contributed by atoms with Crippen molar-refractivity contribution in [3.63, 3.8) is 0 Å². The van der Waals surface area contributed by atoms with Crippen LogP contribution >= 0.6 is 0 Å². The molecule has 1 heterocycles. The lowest BCUT2D eigenvalue weighted by Crippen LogP contribution is -2.06. The number of aromatic nitrogens is 1. The Kier molecular flexibility index (Phi) is 2.44. The first-order chi connectivity index (χ1) is 8.97. The smallest absolute Gasteiger partial charge is 0.294 e. The summed E-state index contributed by atoms with van der Waals surface area (Å²) in [5, 5.41) is 1.69. The predicted molar refractivity (Wildman–Crippen MR) is 71.9 cm³/mol. The van der Waals surface area contributed by atoms with Crippen molar-refractivity contribution >= 4 is 31.8 Å². The molecule has 0 atom stereocenters. The van der Waals surface area contributed by atoms with Crippen molar-refractivity contribution in [2.75, 3.05) is 0 Å². The molecule has 19 heavy (non-hydrogen) atoms. The molecule has 0 amide bonds. The molecule has 2 N–H and O–H groups in total. The standard InChI is InChI=1S/C13H9NO4S/c15-13-10-4-2-1-3-9(10)11-7-8(19(16,17)18)5-6-12(11)14-13/h1-7H,(H,14,15)(H,16,17,18). The maximum absolute atomic E-state index is 11.9. The normalized spacial score (nSPS) is 12.1. The predicted octanol–water partition coefficient (Wildman–Crippen LogP) is 1.93. The molecule has 6 heteroatoms. The number of pyridine rings is 1. The summed E-state index contributed by atoms with van der Waals surface area (Å²) >= 11 is 0. The van der Waals surface area contributed by atoms with E-state index in [1.807, 2.05) is 0 Å². The molecule has 0 bridgehead atoms. The molecule has 96 valence electrons. The third-order valence-corrected chi connectivity index (χ3v) is 3.85. The van der Waals surface area contributed by atoms with E-state index in [4.69, 9.17) is 4.55 Å². The molecule has 0 unspecified atom stereocenters. The molecule has 3 rings (SSSR count). The largest absolute Gasteiger partial charge is 0.321 e. The minimum Gasteiger partial charge on any atom is -0.321 e. The molecule has 0 aliphatic carbocycles. The Morgan fingerprint density at radius 3 is 2.32 bits per heavy atom. The summed E-state index contributed by atoms with van der Waals surface area (Å²) in [5.74, 6) is 0. The second kappa shape index (κ2) is 3.91. The number of hydrogen-bond acceptors (Lipinski definition) is 3. The maximum atomic E-state index is 11.9. The maximum Gasteiger partial charge on any atom is 0.294 e. The van der Waals surface area contributed by atoms with Crippen LogP contribution in [0.4, 0.5) is 0 Å². The van der Waals surface area contributed by atoms with Gasteiger partial charge in [0.15, 0.2) is 0 Å². The van der Waals surface area contributed by atoms with Gasteiger partial charge < -0.3 is 4.98 Å². The third-order valence-electron chi connectivity index (χ3n) is 3.00. The van der Waals surface area contributed by atoms with E-state index < -0.39 is 10.1 Å². The lowest BCUT2D eigenvalue weighted by atomic mass is 10.1. The summed E-state index contributed by atoms with van der Waals surface area (Å²) in [7, 11) is -4.27. The summed E-state index contributed by atoms with van der Waals surface area (Å²) in [5.41, 5.74) is 0.291. The van der Waals surface area contributed by atoms with Crippen molar-refractivity contribution in [2.24, 2.45) is 0 Å². The van der Waals surface area contributed by atoms with Crippen molar-refractivity contribution in [3.8, 4) is 0 Å². The van der Waals surface area contributed by atoms with Crippen LogP contribution in [0.1, 0.15) is 0 Å². The molecule has 5 nitrogen and oxygen atoms in total. The van der Waals surface area contributed by atoms with Gasteiger partial charge in [0.2, 0.25) is 0 Å². The van der Waals surface area contributed by atoms with Gasteiger partial charge >= 0.3 is 0 Å². The SMILES string of the molecule is O=c1[nH]c2ccc(S(=O)(=O)O)cc2c2ccccc12. The molecular weight excluding hydrogens is 266 g/mol. The van der Waals surface area contributed by atoms with E-state index >= 15 is 0 Å².